The summed E-state index contributed by atoms with van der Waals surface area (Å²) in [7, 11) is 0. The Balaban J connectivity index is 1.16. The molecule has 0 aliphatic heterocycles. The van der Waals surface area contributed by atoms with Gasteiger partial charge in [-0.1, -0.05) is 140 Å². The molecule has 0 spiro atoms. The predicted octanol–water partition coefficient (Wildman–Crippen LogP) is 13.9. The highest BCUT2D eigenvalue weighted by Gasteiger charge is 2.48. The zero-order valence-electron chi connectivity index (χ0n) is 34.3. The molecule has 3 heteroatoms. The fourth-order valence-electron chi connectivity index (χ4n) is 10.0. The van der Waals surface area contributed by atoms with Gasteiger partial charge in [-0.3, -0.25) is 0 Å². The summed E-state index contributed by atoms with van der Waals surface area (Å²) in [5.41, 5.74) is 13.1. The smallest absolute Gasteiger partial charge is 0.120 e. The fraction of sp³-hybridized carbons (Fsp3) is 0.138. The molecular weight excluding hydrogens is 745 g/mol. The summed E-state index contributed by atoms with van der Waals surface area (Å²) >= 11 is 0. The van der Waals surface area contributed by atoms with Gasteiger partial charge in [0.25, 0.3) is 0 Å². The Bertz CT molecular complexity index is 3030. The summed E-state index contributed by atoms with van der Waals surface area (Å²) in [6.07, 6.45) is 13.6. The summed E-state index contributed by atoms with van der Waals surface area (Å²) in [4.78, 5) is 0. The van der Waals surface area contributed by atoms with E-state index < -0.39 is 5.41 Å². The first-order valence-electron chi connectivity index (χ1n) is 21.6. The second-order valence-corrected chi connectivity index (χ2v) is 16.6. The van der Waals surface area contributed by atoms with Crippen molar-refractivity contribution < 1.29 is 14.6 Å². The van der Waals surface area contributed by atoms with E-state index in [1.165, 1.54) is 82.8 Å². The molecule has 3 aliphatic rings. The van der Waals surface area contributed by atoms with Crippen LogP contribution in [0.1, 0.15) is 36.5 Å². The van der Waals surface area contributed by atoms with Gasteiger partial charge in [-0.15, -0.1) is 0 Å². The van der Waals surface area contributed by atoms with E-state index >= 15 is 0 Å². The Labute approximate surface area is 357 Å². The second-order valence-electron chi connectivity index (χ2n) is 16.6. The number of hydrogen-bond donors (Lipinski definition) is 1. The van der Waals surface area contributed by atoms with Crippen LogP contribution in [-0.4, -0.2) is 24.9 Å². The van der Waals surface area contributed by atoms with Gasteiger partial charge in [-0.25, -0.2) is 0 Å². The minimum atomic E-state index is -0.640. The molecule has 0 radical (unpaired) electrons. The van der Waals surface area contributed by atoms with Crippen LogP contribution in [-0.2, 0) is 10.2 Å². The van der Waals surface area contributed by atoms with Crippen LogP contribution >= 0.6 is 0 Å². The number of aliphatic hydroxyl groups excluding tert-OH is 1. The van der Waals surface area contributed by atoms with Gasteiger partial charge >= 0.3 is 0 Å². The van der Waals surface area contributed by atoms with E-state index in [1.807, 2.05) is 6.07 Å². The second kappa shape index (κ2) is 15.3. The van der Waals surface area contributed by atoms with Crippen molar-refractivity contribution in [1.82, 2.24) is 0 Å². The molecule has 0 fully saturated rings. The number of hydrogen-bond acceptors (Lipinski definition) is 3. The largest absolute Gasteiger partial charge is 0.494 e. The van der Waals surface area contributed by atoms with Crippen molar-refractivity contribution in [3.8, 4) is 39.1 Å². The Morgan fingerprint density at radius 3 is 1.79 bits per heavy atom. The van der Waals surface area contributed by atoms with Crippen molar-refractivity contribution in [1.29, 1.82) is 0 Å². The van der Waals surface area contributed by atoms with E-state index in [0.29, 0.717) is 0 Å². The Morgan fingerprint density at radius 1 is 0.557 bits per heavy atom. The van der Waals surface area contributed by atoms with Crippen molar-refractivity contribution in [2.75, 3.05) is 19.8 Å². The van der Waals surface area contributed by atoms with E-state index in [-0.39, 0.29) is 19.1 Å². The SMILES string of the molecule is CCCOC1=CC2CC=C(C3(c4ccc5cc(OCCO)ccc5c4)c4cc(-c5ccc6ccccc6c5)ccc4-c4ccc(-c5ccc6ccccc6c5)cc43)C=C2C=C1. The molecule has 1 N–H and O–H groups in total. The third kappa shape index (κ3) is 6.40. The van der Waals surface area contributed by atoms with Crippen LogP contribution in [0.25, 0.3) is 65.7 Å². The average Bonchev–Trinajstić information content (AvgIpc) is 3.61. The minimum absolute atomic E-state index is 0.0236. The molecule has 0 saturated heterocycles. The van der Waals surface area contributed by atoms with Crippen molar-refractivity contribution in [3.63, 3.8) is 0 Å². The fourth-order valence-corrected chi connectivity index (χ4v) is 10.0. The number of fused-ring (bicyclic) bond motifs is 7. The summed E-state index contributed by atoms with van der Waals surface area (Å²) in [5.74, 6) is 1.97. The van der Waals surface area contributed by atoms with Crippen molar-refractivity contribution >= 4 is 32.3 Å². The molecule has 1 atom stereocenters. The first-order valence-corrected chi connectivity index (χ1v) is 21.6. The lowest BCUT2D eigenvalue weighted by Gasteiger charge is -2.38. The highest BCUT2D eigenvalue weighted by molar-refractivity contribution is 5.95. The highest BCUT2D eigenvalue weighted by Crippen LogP contribution is 2.59. The van der Waals surface area contributed by atoms with Gasteiger partial charge in [-0.05, 0) is 161 Å². The number of ether oxygens (including phenoxy) is 2. The molecule has 0 saturated carbocycles. The Kier molecular flexibility index (Phi) is 9.28. The molecule has 0 aromatic heterocycles. The van der Waals surface area contributed by atoms with Gasteiger partial charge in [0.05, 0.1) is 18.6 Å². The molecule has 296 valence electrons. The predicted molar refractivity (Wildman–Crippen MR) is 252 cm³/mol. The van der Waals surface area contributed by atoms with E-state index in [4.69, 9.17) is 9.47 Å². The average molecular weight is 791 g/mol. The molecule has 1 unspecified atom stereocenters. The monoisotopic (exact) mass is 790 g/mol. The number of allylic oxidation sites excluding steroid dienone is 7. The number of benzene rings is 8. The van der Waals surface area contributed by atoms with Gasteiger partial charge in [0, 0.05) is 5.92 Å². The van der Waals surface area contributed by atoms with Gasteiger partial charge < -0.3 is 14.6 Å². The molecular formula is C58H46O3. The summed E-state index contributed by atoms with van der Waals surface area (Å²) in [6, 6.07) is 58.4. The van der Waals surface area contributed by atoms with Gasteiger partial charge in [-0.2, -0.15) is 0 Å². The van der Waals surface area contributed by atoms with Crippen molar-refractivity contribution in [2.24, 2.45) is 5.92 Å². The summed E-state index contributed by atoms with van der Waals surface area (Å²) in [5, 5.41) is 16.6. The standard InChI is InChI=1S/C58H46O3/c1-2-28-60-52-23-17-44-32-50(21-15-46(44)34-52)58(51-22-16-47-35-53(61-29-27-59)24-18-45(47)33-51)56-36-48(42-13-11-38-7-3-5-9-40(38)30-42)19-25-54(56)55-26-20-49(37-57(55)58)43-14-12-39-8-4-6-10-41(39)31-43/h3-14,16-26,30-37,46,59H,2,15,27-29H2,1H3. The first kappa shape index (κ1) is 37.1. The topological polar surface area (TPSA) is 38.7 Å². The summed E-state index contributed by atoms with van der Waals surface area (Å²) in [6.45, 7) is 3.11. The maximum atomic E-state index is 9.46. The minimum Gasteiger partial charge on any atom is -0.494 e. The van der Waals surface area contributed by atoms with E-state index in [9.17, 15) is 5.11 Å². The van der Waals surface area contributed by atoms with E-state index in [1.54, 1.807) is 0 Å². The first-order chi connectivity index (χ1) is 30.1. The number of rotatable bonds is 10. The van der Waals surface area contributed by atoms with Crippen LogP contribution in [0.4, 0.5) is 0 Å². The van der Waals surface area contributed by atoms with E-state index in [0.717, 1.165) is 41.7 Å². The van der Waals surface area contributed by atoms with Crippen LogP contribution in [0.3, 0.4) is 0 Å². The van der Waals surface area contributed by atoms with Crippen LogP contribution in [0, 0.1) is 5.92 Å². The Hall–Kier alpha value is -6.94. The lowest BCUT2D eigenvalue weighted by Crippen LogP contribution is -2.31. The van der Waals surface area contributed by atoms with E-state index in [2.05, 4.69) is 189 Å². The number of aliphatic hydroxyl groups is 1. The lowest BCUT2D eigenvalue weighted by atomic mass is 9.64. The highest BCUT2D eigenvalue weighted by atomic mass is 16.5. The zero-order chi connectivity index (χ0) is 40.9. The Morgan fingerprint density at radius 2 is 1.13 bits per heavy atom. The van der Waals surface area contributed by atoms with Gasteiger partial charge in [0.2, 0.25) is 0 Å². The summed E-state index contributed by atoms with van der Waals surface area (Å²) < 4.78 is 12.0. The quantitative estimate of drug-likeness (QED) is 0.150. The van der Waals surface area contributed by atoms with Crippen LogP contribution in [0.2, 0.25) is 0 Å². The zero-order valence-corrected chi connectivity index (χ0v) is 34.3. The van der Waals surface area contributed by atoms with Crippen molar-refractivity contribution in [2.45, 2.75) is 25.2 Å². The third-order valence-electron chi connectivity index (χ3n) is 13.0. The lowest BCUT2D eigenvalue weighted by molar-refractivity contribution is 0.201. The maximum absolute atomic E-state index is 9.46. The molecule has 0 heterocycles. The molecule has 8 aromatic carbocycles. The molecule has 11 rings (SSSR count). The molecule has 8 aromatic rings. The molecule has 3 aliphatic carbocycles. The maximum Gasteiger partial charge on any atom is 0.120 e. The van der Waals surface area contributed by atoms with Gasteiger partial charge in [0.15, 0.2) is 0 Å². The van der Waals surface area contributed by atoms with Crippen LogP contribution < -0.4 is 4.74 Å². The van der Waals surface area contributed by atoms with Crippen LogP contribution in [0.5, 0.6) is 5.75 Å². The molecule has 61 heavy (non-hydrogen) atoms. The molecule has 0 amide bonds. The van der Waals surface area contributed by atoms with Gasteiger partial charge in [0.1, 0.15) is 18.1 Å². The molecule has 0 bridgehead atoms. The molecule has 3 nitrogen and oxygen atoms in total. The normalized spacial score (nSPS) is 16.1. The van der Waals surface area contributed by atoms with Crippen LogP contribution in [0.15, 0.2) is 205 Å². The third-order valence-corrected chi connectivity index (χ3v) is 13.0. The van der Waals surface area contributed by atoms with Crippen molar-refractivity contribution in [3.05, 3.63) is 222 Å².